The van der Waals surface area contributed by atoms with Crippen LogP contribution >= 0.6 is 0 Å². The Balaban J connectivity index is 1.62. The number of hydrogen-bond acceptors (Lipinski definition) is 1. The number of aromatic amines is 1. The van der Waals surface area contributed by atoms with Crippen LogP contribution in [0.2, 0.25) is 0 Å². The third-order valence-corrected chi connectivity index (χ3v) is 5.27. The van der Waals surface area contributed by atoms with E-state index in [9.17, 15) is 9.18 Å². The summed E-state index contributed by atoms with van der Waals surface area (Å²) in [4.78, 5) is 17.5. The molecule has 1 fully saturated rings. The van der Waals surface area contributed by atoms with Crippen LogP contribution in [0.1, 0.15) is 36.0 Å². The topological polar surface area (TPSA) is 36.1 Å². The zero-order valence-corrected chi connectivity index (χ0v) is 14.3. The second kappa shape index (κ2) is 6.36. The lowest BCUT2D eigenvalue weighted by atomic mass is 10.0. The molecule has 0 bridgehead atoms. The summed E-state index contributed by atoms with van der Waals surface area (Å²) in [5.74, 6) is -0.459. The van der Waals surface area contributed by atoms with Gasteiger partial charge >= 0.3 is 0 Å². The van der Waals surface area contributed by atoms with Crippen molar-refractivity contribution >= 4 is 16.8 Å². The number of benzene rings is 2. The highest BCUT2D eigenvalue weighted by Gasteiger charge is 2.24. The number of fused-ring (bicyclic) bond motifs is 1. The van der Waals surface area contributed by atoms with Crippen molar-refractivity contribution in [3.63, 3.8) is 0 Å². The summed E-state index contributed by atoms with van der Waals surface area (Å²) in [6.45, 7) is 0. The molecular formula is C21H21FN2O. The smallest absolute Gasteiger partial charge is 0.253 e. The molecule has 1 aromatic heterocycles. The zero-order chi connectivity index (χ0) is 17.4. The van der Waals surface area contributed by atoms with Gasteiger partial charge in [0.1, 0.15) is 5.82 Å². The second-order valence-corrected chi connectivity index (χ2v) is 6.83. The number of H-pyrrole nitrogens is 1. The van der Waals surface area contributed by atoms with Gasteiger partial charge in [-0.15, -0.1) is 0 Å². The lowest BCUT2D eigenvalue weighted by Crippen LogP contribution is -2.35. The van der Waals surface area contributed by atoms with Crippen LogP contribution in [-0.4, -0.2) is 28.9 Å². The SMILES string of the molecule is CN(C(=O)c1ccc(-c2ccc3[nH]ccc3c2)c(F)c1)C1CCCC1. The monoisotopic (exact) mass is 336 g/mol. The number of aromatic nitrogens is 1. The first-order valence-corrected chi connectivity index (χ1v) is 8.78. The third-order valence-electron chi connectivity index (χ3n) is 5.27. The maximum atomic E-state index is 14.7. The van der Waals surface area contributed by atoms with E-state index < -0.39 is 0 Å². The highest BCUT2D eigenvalue weighted by atomic mass is 19.1. The number of halogens is 1. The summed E-state index contributed by atoms with van der Waals surface area (Å²) in [6, 6.07) is 12.8. The van der Waals surface area contributed by atoms with Crippen molar-refractivity contribution in [3.8, 4) is 11.1 Å². The molecule has 1 N–H and O–H groups in total. The van der Waals surface area contributed by atoms with Gasteiger partial charge in [0.15, 0.2) is 0 Å². The Kier molecular flexibility index (Phi) is 4.04. The van der Waals surface area contributed by atoms with Crippen molar-refractivity contribution in [3.05, 3.63) is 60.0 Å². The first-order valence-electron chi connectivity index (χ1n) is 8.78. The van der Waals surface area contributed by atoms with Crippen LogP contribution in [0.3, 0.4) is 0 Å². The van der Waals surface area contributed by atoms with Gasteiger partial charge < -0.3 is 9.88 Å². The van der Waals surface area contributed by atoms with Crippen LogP contribution in [0.25, 0.3) is 22.0 Å². The fourth-order valence-electron chi connectivity index (χ4n) is 3.76. The van der Waals surface area contributed by atoms with Gasteiger partial charge in [0.05, 0.1) is 0 Å². The number of nitrogens with one attached hydrogen (secondary N) is 1. The Bertz CT molecular complexity index is 925. The molecule has 1 aliphatic carbocycles. The van der Waals surface area contributed by atoms with E-state index in [2.05, 4.69) is 4.98 Å². The van der Waals surface area contributed by atoms with E-state index in [1.807, 2.05) is 37.5 Å². The van der Waals surface area contributed by atoms with Crippen molar-refractivity contribution in [2.45, 2.75) is 31.7 Å². The minimum atomic E-state index is -0.361. The van der Waals surface area contributed by atoms with Crippen LogP contribution in [-0.2, 0) is 0 Å². The molecule has 0 unspecified atom stereocenters. The second-order valence-electron chi connectivity index (χ2n) is 6.83. The number of carbonyl (C=O) groups is 1. The standard InChI is InChI=1S/C21H21FN2O/c1-24(17-4-2-3-5-17)21(25)16-6-8-18(19(22)13-16)14-7-9-20-15(12-14)10-11-23-20/h6-13,17,23H,2-5H2,1H3. The van der Waals surface area contributed by atoms with Gasteiger partial charge in [-0.1, -0.05) is 25.0 Å². The Labute approximate surface area is 146 Å². The highest BCUT2D eigenvalue weighted by Crippen LogP contribution is 2.28. The van der Waals surface area contributed by atoms with E-state index in [4.69, 9.17) is 0 Å². The van der Waals surface area contributed by atoms with Gasteiger partial charge in [0.2, 0.25) is 0 Å². The minimum Gasteiger partial charge on any atom is -0.361 e. The molecular weight excluding hydrogens is 315 g/mol. The normalized spacial score (nSPS) is 15.0. The minimum absolute atomic E-state index is 0.0987. The Morgan fingerprint density at radius 1 is 1.12 bits per heavy atom. The van der Waals surface area contributed by atoms with Crippen LogP contribution in [0.5, 0.6) is 0 Å². The molecule has 0 atom stereocenters. The van der Waals surface area contributed by atoms with Crippen molar-refractivity contribution in [2.24, 2.45) is 0 Å². The number of nitrogens with zero attached hydrogens (tertiary/aromatic N) is 1. The number of amides is 1. The number of carbonyl (C=O) groups excluding carboxylic acids is 1. The molecule has 0 aliphatic heterocycles. The fourth-order valence-corrected chi connectivity index (χ4v) is 3.76. The average Bonchev–Trinajstić information content (AvgIpc) is 3.31. The largest absolute Gasteiger partial charge is 0.361 e. The maximum Gasteiger partial charge on any atom is 0.253 e. The molecule has 0 spiro atoms. The quantitative estimate of drug-likeness (QED) is 0.719. The summed E-state index contributed by atoms with van der Waals surface area (Å²) in [5.41, 5.74) is 2.77. The van der Waals surface area contributed by atoms with Gasteiger partial charge in [-0.25, -0.2) is 4.39 Å². The van der Waals surface area contributed by atoms with E-state index in [1.54, 1.807) is 17.0 Å². The van der Waals surface area contributed by atoms with Crippen molar-refractivity contribution < 1.29 is 9.18 Å². The molecule has 128 valence electrons. The van der Waals surface area contributed by atoms with Gasteiger partial charge in [-0.05, 0) is 54.1 Å². The van der Waals surface area contributed by atoms with Crippen LogP contribution in [0.4, 0.5) is 4.39 Å². The molecule has 0 radical (unpaired) electrons. The predicted octanol–water partition coefficient (Wildman–Crippen LogP) is 4.99. The average molecular weight is 336 g/mol. The number of hydrogen-bond donors (Lipinski definition) is 1. The predicted molar refractivity (Wildman–Crippen MR) is 98.0 cm³/mol. The maximum absolute atomic E-state index is 14.7. The molecule has 3 aromatic rings. The molecule has 4 heteroatoms. The fraction of sp³-hybridized carbons (Fsp3) is 0.286. The molecule has 25 heavy (non-hydrogen) atoms. The summed E-state index contributed by atoms with van der Waals surface area (Å²) in [7, 11) is 1.82. The highest BCUT2D eigenvalue weighted by molar-refractivity contribution is 5.95. The molecule has 4 rings (SSSR count). The molecule has 2 aromatic carbocycles. The molecule has 1 saturated carbocycles. The van der Waals surface area contributed by atoms with Crippen LogP contribution < -0.4 is 0 Å². The molecule has 1 heterocycles. The van der Waals surface area contributed by atoms with E-state index in [1.165, 1.54) is 6.07 Å². The first kappa shape index (κ1) is 15.9. The van der Waals surface area contributed by atoms with Crippen LogP contribution in [0, 0.1) is 5.82 Å². The summed E-state index contributed by atoms with van der Waals surface area (Å²) in [6.07, 6.45) is 6.28. The van der Waals surface area contributed by atoms with Crippen molar-refractivity contribution in [1.82, 2.24) is 9.88 Å². The molecule has 0 saturated heterocycles. The summed E-state index contributed by atoms with van der Waals surface area (Å²) >= 11 is 0. The van der Waals surface area contributed by atoms with E-state index >= 15 is 0 Å². The van der Waals surface area contributed by atoms with Gasteiger partial charge in [-0.3, -0.25) is 4.79 Å². The Hall–Kier alpha value is -2.62. The third kappa shape index (κ3) is 2.93. The molecule has 3 nitrogen and oxygen atoms in total. The Morgan fingerprint density at radius 3 is 2.68 bits per heavy atom. The zero-order valence-electron chi connectivity index (χ0n) is 14.3. The Morgan fingerprint density at radius 2 is 1.92 bits per heavy atom. The van der Waals surface area contributed by atoms with E-state index in [0.29, 0.717) is 11.1 Å². The summed E-state index contributed by atoms with van der Waals surface area (Å²) < 4.78 is 14.7. The van der Waals surface area contributed by atoms with Gasteiger partial charge in [0.25, 0.3) is 5.91 Å². The first-order chi connectivity index (χ1) is 12.1. The lowest BCUT2D eigenvalue weighted by molar-refractivity contribution is 0.0734. The molecule has 1 aliphatic rings. The number of rotatable bonds is 3. The lowest BCUT2D eigenvalue weighted by Gasteiger charge is -2.24. The van der Waals surface area contributed by atoms with Crippen LogP contribution in [0.15, 0.2) is 48.7 Å². The van der Waals surface area contributed by atoms with Crippen molar-refractivity contribution in [1.29, 1.82) is 0 Å². The van der Waals surface area contributed by atoms with Crippen molar-refractivity contribution in [2.75, 3.05) is 7.05 Å². The van der Waals surface area contributed by atoms with Gasteiger partial charge in [0, 0.05) is 35.9 Å². The van der Waals surface area contributed by atoms with E-state index in [-0.39, 0.29) is 17.8 Å². The van der Waals surface area contributed by atoms with Gasteiger partial charge in [-0.2, -0.15) is 0 Å². The summed E-state index contributed by atoms with van der Waals surface area (Å²) in [5, 5.41) is 1.04. The van der Waals surface area contributed by atoms with E-state index in [0.717, 1.165) is 42.1 Å². The molecule has 1 amide bonds.